The number of fused-ring (bicyclic) bond motifs is 1. The van der Waals surface area contributed by atoms with E-state index in [0.29, 0.717) is 0 Å². The summed E-state index contributed by atoms with van der Waals surface area (Å²) < 4.78 is 15.2. The fraction of sp³-hybridized carbons (Fsp3) is 0.188. The Bertz CT molecular complexity index is 755. The zero-order valence-corrected chi connectivity index (χ0v) is 11.2. The zero-order chi connectivity index (χ0) is 13.6. The number of halogens is 1. The Hall–Kier alpha value is -2.16. The SMILES string of the molecule is Cc1cc(C)n2c(-c3ccc(F)cc3)c(C)nc2c1. The Morgan fingerprint density at radius 2 is 1.68 bits per heavy atom. The Balaban J connectivity index is 2.34. The summed E-state index contributed by atoms with van der Waals surface area (Å²) in [7, 11) is 0. The van der Waals surface area contributed by atoms with Crippen LogP contribution in [0.2, 0.25) is 0 Å². The van der Waals surface area contributed by atoms with Gasteiger partial charge in [-0.25, -0.2) is 9.37 Å². The van der Waals surface area contributed by atoms with E-state index in [4.69, 9.17) is 0 Å². The van der Waals surface area contributed by atoms with Crippen LogP contribution in [0, 0.1) is 26.6 Å². The van der Waals surface area contributed by atoms with Crippen molar-refractivity contribution in [3.05, 3.63) is 59.2 Å². The van der Waals surface area contributed by atoms with Crippen LogP contribution in [-0.2, 0) is 0 Å². The number of hydrogen-bond acceptors (Lipinski definition) is 1. The minimum absolute atomic E-state index is 0.220. The molecule has 96 valence electrons. The molecule has 0 saturated heterocycles. The molecule has 0 atom stereocenters. The van der Waals surface area contributed by atoms with Gasteiger partial charge in [-0.1, -0.05) is 0 Å². The molecule has 19 heavy (non-hydrogen) atoms. The van der Waals surface area contributed by atoms with E-state index < -0.39 is 0 Å². The molecule has 0 radical (unpaired) electrons. The van der Waals surface area contributed by atoms with E-state index in [2.05, 4.69) is 35.4 Å². The highest BCUT2D eigenvalue weighted by molar-refractivity contribution is 5.68. The van der Waals surface area contributed by atoms with Gasteiger partial charge in [-0.2, -0.15) is 0 Å². The van der Waals surface area contributed by atoms with Gasteiger partial charge in [0.2, 0.25) is 0 Å². The van der Waals surface area contributed by atoms with E-state index in [9.17, 15) is 4.39 Å². The molecule has 0 aliphatic rings. The third-order valence-corrected chi connectivity index (χ3v) is 3.34. The fourth-order valence-electron chi connectivity index (χ4n) is 2.59. The van der Waals surface area contributed by atoms with Crippen molar-refractivity contribution in [3.63, 3.8) is 0 Å². The molecule has 0 amide bonds. The topological polar surface area (TPSA) is 17.3 Å². The molecule has 1 aromatic carbocycles. The predicted octanol–water partition coefficient (Wildman–Crippen LogP) is 4.07. The summed E-state index contributed by atoms with van der Waals surface area (Å²) in [6.45, 7) is 6.11. The van der Waals surface area contributed by atoms with Crippen molar-refractivity contribution in [2.75, 3.05) is 0 Å². The summed E-state index contributed by atoms with van der Waals surface area (Å²) in [5, 5.41) is 0. The van der Waals surface area contributed by atoms with Crippen molar-refractivity contribution < 1.29 is 4.39 Å². The van der Waals surface area contributed by atoms with E-state index in [-0.39, 0.29) is 5.82 Å². The Morgan fingerprint density at radius 1 is 1.00 bits per heavy atom. The van der Waals surface area contributed by atoms with E-state index >= 15 is 0 Å². The smallest absolute Gasteiger partial charge is 0.137 e. The number of benzene rings is 1. The van der Waals surface area contributed by atoms with Crippen LogP contribution in [0.5, 0.6) is 0 Å². The second-order valence-electron chi connectivity index (χ2n) is 4.92. The van der Waals surface area contributed by atoms with Crippen molar-refractivity contribution in [3.8, 4) is 11.3 Å². The van der Waals surface area contributed by atoms with Crippen molar-refractivity contribution in [2.45, 2.75) is 20.8 Å². The number of hydrogen-bond donors (Lipinski definition) is 0. The lowest BCUT2D eigenvalue weighted by Crippen LogP contribution is -1.95. The molecular formula is C16H15FN2. The van der Waals surface area contributed by atoms with Crippen LogP contribution in [0.1, 0.15) is 17.0 Å². The molecule has 2 heterocycles. The normalized spacial score (nSPS) is 11.2. The van der Waals surface area contributed by atoms with Gasteiger partial charge in [-0.05, 0) is 62.7 Å². The summed E-state index contributed by atoms with van der Waals surface area (Å²) in [5.41, 5.74) is 6.25. The number of pyridine rings is 1. The third kappa shape index (κ3) is 1.91. The molecule has 3 heteroatoms. The lowest BCUT2D eigenvalue weighted by atomic mass is 10.1. The second-order valence-corrected chi connectivity index (χ2v) is 4.92. The summed E-state index contributed by atoms with van der Waals surface area (Å²) in [6, 6.07) is 10.7. The molecule has 0 saturated carbocycles. The maximum atomic E-state index is 13.1. The highest BCUT2D eigenvalue weighted by Crippen LogP contribution is 2.26. The summed E-state index contributed by atoms with van der Waals surface area (Å²) >= 11 is 0. The van der Waals surface area contributed by atoms with E-state index in [1.165, 1.54) is 17.7 Å². The Morgan fingerprint density at radius 3 is 2.37 bits per heavy atom. The first-order valence-electron chi connectivity index (χ1n) is 6.28. The average Bonchev–Trinajstić information content (AvgIpc) is 2.66. The van der Waals surface area contributed by atoms with Gasteiger partial charge < -0.3 is 0 Å². The minimum atomic E-state index is -0.220. The van der Waals surface area contributed by atoms with Gasteiger partial charge in [-0.3, -0.25) is 4.40 Å². The third-order valence-electron chi connectivity index (χ3n) is 3.34. The lowest BCUT2D eigenvalue weighted by Gasteiger charge is -2.07. The van der Waals surface area contributed by atoms with Crippen LogP contribution in [0.4, 0.5) is 4.39 Å². The summed E-state index contributed by atoms with van der Waals surface area (Å²) in [4.78, 5) is 4.60. The molecule has 0 aliphatic carbocycles. The largest absolute Gasteiger partial charge is 0.297 e. The quantitative estimate of drug-likeness (QED) is 0.640. The number of aryl methyl sites for hydroxylation is 3. The minimum Gasteiger partial charge on any atom is -0.297 e. The van der Waals surface area contributed by atoms with Gasteiger partial charge in [0, 0.05) is 11.3 Å². The first-order valence-corrected chi connectivity index (χ1v) is 6.28. The number of imidazole rings is 1. The van der Waals surface area contributed by atoms with Crippen LogP contribution in [0.25, 0.3) is 16.9 Å². The van der Waals surface area contributed by atoms with Gasteiger partial charge in [-0.15, -0.1) is 0 Å². The molecule has 0 aliphatic heterocycles. The fourth-order valence-corrected chi connectivity index (χ4v) is 2.59. The highest BCUT2D eigenvalue weighted by atomic mass is 19.1. The van der Waals surface area contributed by atoms with Crippen molar-refractivity contribution in [1.82, 2.24) is 9.38 Å². The molecule has 3 rings (SSSR count). The monoisotopic (exact) mass is 254 g/mol. The lowest BCUT2D eigenvalue weighted by molar-refractivity contribution is 0.628. The van der Waals surface area contributed by atoms with Crippen molar-refractivity contribution in [1.29, 1.82) is 0 Å². The molecule has 2 aromatic heterocycles. The van der Waals surface area contributed by atoms with Gasteiger partial charge in [0.1, 0.15) is 11.5 Å². The van der Waals surface area contributed by atoms with Gasteiger partial charge in [0.25, 0.3) is 0 Å². The average molecular weight is 254 g/mol. The first-order chi connectivity index (χ1) is 9.06. The molecule has 0 unspecified atom stereocenters. The van der Waals surface area contributed by atoms with Crippen LogP contribution in [0.3, 0.4) is 0 Å². The molecule has 3 aromatic rings. The summed E-state index contributed by atoms with van der Waals surface area (Å²) in [5.74, 6) is -0.220. The van der Waals surface area contributed by atoms with E-state index in [0.717, 1.165) is 28.3 Å². The molecule has 0 bridgehead atoms. The molecule has 0 N–H and O–H groups in total. The van der Waals surface area contributed by atoms with Crippen LogP contribution < -0.4 is 0 Å². The number of rotatable bonds is 1. The molecular weight excluding hydrogens is 239 g/mol. The second kappa shape index (κ2) is 4.19. The maximum absolute atomic E-state index is 13.1. The standard InChI is InChI=1S/C16H15FN2/c1-10-8-11(2)19-15(9-10)18-12(3)16(19)13-4-6-14(17)7-5-13/h4-9H,1-3H3. The van der Waals surface area contributed by atoms with E-state index in [1.807, 2.05) is 6.92 Å². The van der Waals surface area contributed by atoms with E-state index in [1.54, 1.807) is 12.1 Å². The molecule has 0 fully saturated rings. The van der Waals surface area contributed by atoms with Crippen molar-refractivity contribution in [2.24, 2.45) is 0 Å². The van der Waals surface area contributed by atoms with Crippen LogP contribution in [0.15, 0.2) is 36.4 Å². The van der Waals surface area contributed by atoms with Gasteiger partial charge >= 0.3 is 0 Å². The number of nitrogens with zero attached hydrogens (tertiary/aromatic N) is 2. The number of aromatic nitrogens is 2. The van der Waals surface area contributed by atoms with Crippen LogP contribution >= 0.6 is 0 Å². The van der Waals surface area contributed by atoms with Gasteiger partial charge in [0.05, 0.1) is 11.4 Å². The predicted molar refractivity (Wildman–Crippen MR) is 74.8 cm³/mol. The summed E-state index contributed by atoms with van der Waals surface area (Å²) in [6.07, 6.45) is 0. The first kappa shape index (κ1) is 11.9. The van der Waals surface area contributed by atoms with Crippen molar-refractivity contribution >= 4 is 5.65 Å². The van der Waals surface area contributed by atoms with Gasteiger partial charge in [0.15, 0.2) is 0 Å². The molecule has 0 spiro atoms. The van der Waals surface area contributed by atoms with Crippen LogP contribution in [-0.4, -0.2) is 9.38 Å². The zero-order valence-electron chi connectivity index (χ0n) is 11.2. The maximum Gasteiger partial charge on any atom is 0.137 e. The highest BCUT2D eigenvalue weighted by Gasteiger charge is 2.12. The Kier molecular flexibility index (Phi) is 2.63. The molecule has 2 nitrogen and oxygen atoms in total. The Labute approximate surface area is 111 Å².